The lowest BCUT2D eigenvalue weighted by Crippen LogP contribution is -2.42. The van der Waals surface area contributed by atoms with Crippen LogP contribution in [-0.2, 0) is 4.74 Å². The molecule has 5 rings (SSSR count). The number of rotatable bonds is 8. The number of anilines is 1. The summed E-state index contributed by atoms with van der Waals surface area (Å²) in [7, 11) is 1.64. The van der Waals surface area contributed by atoms with Crippen LogP contribution >= 0.6 is 22.6 Å². The van der Waals surface area contributed by atoms with Crippen LogP contribution in [-0.4, -0.2) is 73.2 Å². The molecular weight excluding hydrogens is 617 g/mol. The fraction of sp³-hybridized carbons (Fsp3) is 0.429. The largest absolute Gasteiger partial charge is 0.383 e. The Morgan fingerprint density at radius 2 is 1.92 bits per heavy atom. The smallest absolute Gasteiger partial charge is 0.320 e. The van der Waals surface area contributed by atoms with Crippen molar-refractivity contribution >= 4 is 34.4 Å². The molecule has 2 aliphatic heterocycles. The predicted molar refractivity (Wildman–Crippen MR) is 154 cm³/mol. The Kier molecular flexibility index (Phi) is 9.10. The number of hydrogen-bond donors (Lipinski definition) is 3. The highest BCUT2D eigenvalue weighted by atomic mass is 127. The lowest BCUT2D eigenvalue weighted by atomic mass is 9.94. The first-order valence-electron chi connectivity index (χ1n) is 13.2. The maximum atomic E-state index is 14.1. The molecule has 2 aliphatic rings. The fourth-order valence-corrected chi connectivity index (χ4v) is 6.06. The second-order valence-corrected chi connectivity index (χ2v) is 11.2. The zero-order chi connectivity index (χ0) is 27.4. The van der Waals surface area contributed by atoms with E-state index in [-0.39, 0.29) is 18.0 Å². The van der Waals surface area contributed by atoms with Gasteiger partial charge in [0, 0.05) is 48.2 Å². The van der Waals surface area contributed by atoms with E-state index in [9.17, 15) is 13.6 Å². The molecule has 0 aliphatic carbocycles. The summed E-state index contributed by atoms with van der Waals surface area (Å²) in [6, 6.07) is 13.2. The lowest BCUT2D eigenvalue weighted by Gasteiger charge is -2.21. The van der Waals surface area contributed by atoms with Crippen molar-refractivity contribution in [1.29, 1.82) is 0 Å². The van der Waals surface area contributed by atoms with Crippen molar-refractivity contribution in [2.75, 3.05) is 51.8 Å². The number of nitrogens with zero attached hydrogens (tertiary/aromatic N) is 3. The van der Waals surface area contributed by atoms with E-state index >= 15 is 0 Å². The quantitative estimate of drug-likeness (QED) is 0.314. The van der Waals surface area contributed by atoms with E-state index in [0.717, 1.165) is 46.9 Å². The van der Waals surface area contributed by atoms with Gasteiger partial charge in [-0.15, -0.1) is 0 Å². The number of piperidine rings is 1. The molecule has 2 atom stereocenters. The number of hydrogen-bond acceptors (Lipinski definition) is 5. The third kappa shape index (κ3) is 6.59. The highest BCUT2D eigenvalue weighted by Gasteiger charge is 2.35. The van der Waals surface area contributed by atoms with Gasteiger partial charge in [-0.3, -0.25) is 10.2 Å². The number of amides is 2. The summed E-state index contributed by atoms with van der Waals surface area (Å²) in [5, 5.41) is 14.4. The molecule has 0 radical (unpaired) electrons. The van der Waals surface area contributed by atoms with Gasteiger partial charge >= 0.3 is 6.03 Å². The first kappa shape index (κ1) is 27.9. The van der Waals surface area contributed by atoms with Crippen molar-refractivity contribution in [3.8, 4) is 5.69 Å². The molecule has 2 fully saturated rings. The van der Waals surface area contributed by atoms with Crippen LogP contribution in [0.15, 0.2) is 48.5 Å². The molecule has 3 aromatic rings. The number of carbonyl (C=O) groups excluding carboxylic acids is 1. The zero-order valence-electron chi connectivity index (χ0n) is 21.8. The van der Waals surface area contributed by atoms with Gasteiger partial charge in [0.2, 0.25) is 0 Å². The number of benzene rings is 2. The number of likely N-dealkylation sites (tertiary alicyclic amines) is 1. The Balaban J connectivity index is 1.38. The van der Waals surface area contributed by atoms with Crippen molar-refractivity contribution in [1.82, 2.24) is 25.3 Å². The predicted octanol–water partition coefficient (Wildman–Crippen LogP) is 4.46. The summed E-state index contributed by atoms with van der Waals surface area (Å²) in [6.45, 7) is 4.26. The molecule has 11 heteroatoms. The Morgan fingerprint density at radius 1 is 1.13 bits per heavy atom. The number of halogens is 3. The van der Waals surface area contributed by atoms with Gasteiger partial charge < -0.3 is 15.4 Å². The van der Waals surface area contributed by atoms with Crippen molar-refractivity contribution < 1.29 is 18.3 Å². The number of urea groups is 1. The molecule has 0 bridgehead atoms. The fourth-order valence-electron chi connectivity index (χ4n) is 5.45. The number of aromatic nitrogens is 2. The summed E-state index contributed by atoms with van der Waals surface area (Å²) in [5.74, 6) is -1.07. The molecule has 0 spiro atoms. The van der Waals surface area contributed by atoms with Crippen LogP contribution in [0, 0.1) is 15.2 Å². The SMILES string of the molecule is COCCN1C[C@@H](NC(=O)Nc2cc(C3CCNCC3)nn2-c2ccccc2I)[C@H](c2ccc(F)c(F)c2)C1. The van der Waals surface area contributed by atoms with Crippen molar-refractivity contribution in [2.45, 2.75) is 30.7 Å². The zero-order valence-corrected chi connectivity index (χ0v) is 24.0. The Morgan fingerprint density at radius 3 is 2.67 bits per heavy atom. The van der Waals surface area contributed by atoms with E-state index in [2.05, 4.69) is 43.4 Å². The molecule has 3 heterocycles. The van der Waals surface area contributed by atoms with Crippen LogP contribution in [0.3, 0.4) is 0 Å². The van der Waals surface area contributed by atoms with Crippen LogP contribution in [0.2, 0.25) is 0 Å². The van der Waals surface area contributed by atoms with Gasteiger partial charge in [0.05, 0.1) is 24.0 Å². The average molecular weight is 651 g/mol. The van der Waals surface area contributed by atoms with Gasteiger partial charge in [-0.05, 0) is 78.4 Å². The molecule has 0 saturated carbocycles. The second kappa shape index (κ2) is 12.7. The molecule has 39 heavy (non-hydrogen) atoms. The van der Waals surface area contributed by atoms with Gasteiger partial charge in [-0.1, -0.05) is 18.2 Å². The first-order chi connectivity index (χ1) is 18.9. The van der Waals surface area contributed by atoms with E-state index in [1.165, 1.54) is 6.07 Å². The van der Waals surface area contributed by atoms with Crippen LogP contribution in [0.25, 0.3) is 5.69 Å². The number of para-hydroxylation sites is 1. The van der Waals surface area contributed by atoms with Crippen molar-refractivity contribution in [2.24, 2.45) is 0 Å². The maximum absolute atomic E-state index is 14.1. The van der Waals surface area contributed by atoms with Gasteiger partial charge in [0.15, 0.2) is 11.6 Å². The van der Waals surface area contributed by atoms with E-state index in [4.69, 9.17) is 9.84 Å². The standard InChI is InChI=1S/C28H33F2IN6O2/c1-39-13-12-36-16-20(19-6-7-21(29)22(30)14-19)25(17-36)33-28(38)34-27-15-24(18-8-10-32-11-9-18)35-37(27)26-5-3-2-4-23(26)31/h2-7,14-15,18,20,25,32H,8-13,16-17H2,1H3,(H2,33,34,38)/t20-,25+/m0/s1. The molecule has 1 aromatic heterocycles. The number of ether oxygens (including phenoxy) is 1. The molecular formula is C28H33F2IN6O2. The third-order valence-corrected chi connectivity index (χ3v) is 8.42. The normalized spacial score (nSPS) is 20.3. The molecule has 2 saturated heterocycles. The number of methoxy groups -OCH3 is 1. The van der Waals surface area contributed by atoms with Crippen LogP contribution in [0.5, 0.6) is 0 Å². The summed E-state index contributed by atoms with van der Waals surface area (Å²) in [4.78, 5) is 15.5. The summed E-state index contributed by atoms with van der Waals surface area (Å²) >= 11 is 2.27. The second-order valence-electron chi connectivity index (χ2n) is 10.1. The Labute approximate surface area is 240 Å². The molecule has 0 unspecified atom stereocenters. The molecule has 3 N–H and O–H groups in total. The van der Waals surface area contributed by atoms with E-state index in [0.29, 0.717) is 43.5 Å². The minimum Gasteiger partial charge on any atom is -0.383 e. The summed E-state index contributed by atoms with van der Waals surface area (Å²) in [5.41, 5.74) is 2.49. The minimum atomic E-state index is -0.891. The van der Waals surface area contributed by atoms with Crippen LogP contribution < -0.4 is 16.0 Å². The molecule has 2 amide bonds. The van der Waals surface area contributed by atoms with Crippen LogP contribution in [0.1, 0.15) is 35.9 Å². The average Bonchev–Trinajstić information content (AvgIpc) is 3.54. The van der Waals surface area contributed by atoms with Gasteiger partial charge in [0.1, 0.15) is 5.82 Å². The highest BCUT2D eigenvalue weighted by Crippen LogP contribution is 2.31. The van der Waals surface area contributed by atoms with Gasteiger partial charge in [-0.2, -0.15) is 5.10 Å². The summed E-state index contributed by atoms with van der Waals surface area (Å²) in [6.07, 6.45) is 1.98. The van der Waals surface area contributed by atoms with Crippen molar-refractivity contribution in [3.63, 3.8) is 0 Å². The monoisotopic (exact) mass is 650 g/mol. The topological polar surface area (TPSA) is 83.4 Å². The molecule has 8 nitrogen and oxygen atoms in total. The third-order valence-electron chi connectivity index (χ3n) is 7.50. The van der Waals surface area contributed by atoms with E-state index in [1.807, 2.05) is 30.3 Å². The maximum Gasteiger partial charge on any atom is 0.320 e. The first-order valence-corrected chi connectivity index (χ1v) is 14.3. The minimum absolute atomic E-state index is 0.201. The number of nitrogens with one attached hydrogen (secondary N) is 3. The van der Waals surface area contributed by atoms with Gasteiger partial charge in [-0.25, -0.2) is 18.3 Å². The van der Waals surface area contributed by atoms with Crippen LogP contribution in [0.4, 0.5) is 19.4 Å². The summed E-state index contributed by atoms with van der Waals surface area (Å²) < 4.78 is 35.7. The van der Waals surface area contributed by atoms with Crippen molar-refractivity contribution in [3.05, 3.63) is 75.0 Å². The lowest BCUT2D eigenvalue weighted by molar-refractivity contribution is 0.159. The Bertz CT molecular complexity index is 1300. The Hall–Kier alpha value is -2.61. The van der Waals surface area contributed by atoms with E-state index in [1.54, 1.807) is 17.9 Å². The molecule has 208 valence electrons. The highest BCUT2D eigenvalue weighted by molar-refractivity contribution is 14.1. The number of carbonyl (C=O) groups is 1. The van der Waals surface area contributed by atoms with Gasteiger partial charge in [0.25, 0.3) is 0 Å². The van der Waals surface area contributed by atoms with E-state index < -0.39 is 11.6 Å². The molecule has 2 aromatic carbocycles.